The highest BCUT2D eigenvalue weighted by Crippen LogP contribution is 2.30. The van der Waals surface area contributed by atoms with Crippen molar-refractivity contribution in [3.8, 4) is 0 Å². The second kappa shape index (κ2) is 7.33. The van der Waals surface area contributed by atoms with Gasteiger partial charge in [0.25, 0.3) is 10.0 Å². The van der Waals surface area contributed by atoms with Gasteiger partial charge in [-0.15, -0.1) is 0 Å². The zero-order chi connectivity index (χ0) is 20.9. The maximum Gasteiger partial charge on any atom is 0.420 e. The van der Waals surface area contributed by atoms with Crippen LogP contribution in [0.2, 0.25) is 5.02 Å². The first-order valence-electron chi connectivity index (χ1n) is 9.11. The normalized spacial score (nSPS) is 18.9. The van der Waals surface area contributed by atoms with Gasteiger partial charge in [-0.25, -0.2) is 17.8 Å². The number of sulfonamides is 1. The van der Waals surface area contributed by atoms with Gasteiger partial charge in [0.2, 0.25) is 0 Å². The Morgan fingerprint density at radius 2 is 1.93 bits per heavy atom. The Balaban J connectivity index is 2.12. The summed E-state index contributed by atoms with van der Waals surface area (Å²) in [5.74, 6) is 0. The van der Waals surface area contributed by atoms with Crippen molar-refractivity contribution in [2.24, 2.45) is 0 Å². The van der Waals surface area contributed by atoms with Gasteiger partial charge in [-0.1, -0.05) is 11.6 Å². The molecule has 0 N–H and O–H groups in total. The molecule has 9 heteroatoms. The van der Waals surface area contributed by atoms with Gasteiger partial charge in [-0.2, -0.15) is 4.31 Å². The Hall–Kier alpha value is -1.61. The fourth-order valence-electron chi connectivity index (χ4n) is 3.33. The summed E-state index contributed by atoms with van der Waals surface area (Å²) in [7, 11) is -0.0233. The van der Waals surface area contributed by atoms with Gasteiger partial charge < -0.3 is 9.64 Å². The van der Waals surface area contributed by atoms with Gasteiger partial charge in [0, 0.05) is 29.5 Å². The van der Waals surface area contributed by atoms with Crippen molar-refractivity contribution in [2.75, 3.05) is 27.2 Å². The maximum absolute atomic E-state index is 13.4. The van der Waals surface area contributed by atoms with Crippen molar-refractivity contribution >= 4 is 38.6 Å². The first-order chi connectivity index (χ1) is 12.9. The molecule has 7 nitrogen and oxygen atoms in total. The fraction of sp³-hybridized carbons (Fsp3) is 0.526. The molecule has 0 saturated carbocycles. The third kappa shape index (κ3) is 4.05. The third-order valence-electron chi connectivity index (χ3n) is 4.77. The molecule has 0 radical (unpaired) electrons. The van der Waals surface area contributed by atoms with Crippen LogP contribution in [0.3, 0.4) is 0 Å². The van der Waals surface area contributed by atoms with Crippen LogP contribution in [0.5, 0.6) is 0 Å². The number of fused-ring (bicyclic) bond motifs is 1. The van der Waals surface area contributed by atoms with Crippen molar-refractivity contribution in [1.29, 1.82) is 0 Å². The highest BCUT2D eigenvalue weighted by atomic mass is 35.5. The van der Waals surface area contributed by atoms with E-state index in [-0.39, 0.29) is 11.1 Å². The van der Waals surface area contributed by atoms with Crippen molar-refractivity contribution in [3.63, 3.8) is 0 Å². The van der Waals surface area contributed by atoms with E-state index < -0.39 is 21.7 Å². The number of halogens is 1. The molecule has 1 saturated heterocycles. The van der Waals surface area contributed by atoms with Crippen LogP contribution in [0, 0.1) is 0 Å². The predicted molar refractivity (Wildman–Crippen MR) is 109 cm³/mol. The van der Waals surface area contributed by atoms with Crippen molar-refractivity contribution in [1.82, 2.24) is 13.8 Å². The minimum atomic E-state index is -3.89. The van der Waals surface area contributed by atoms with E-state index in [4.69, 9.17) is 16.3 Å². The molecule has 154 valence electrons. The van der Waals surface area contributed by atoms with E-state index in [1.54, 1.807) is 39.0 Å². The van der Waals surface area contributed by atoms with Crippen LogP contribution in [0.1, 0.15) is 27.2 Å². The molecule has 0 aliphatic carbocycles. The SMILES string of the molecule is CN(C)[C@@H]1CCN(S(=O)(=O)c2cc3cc(Cl)ccc3n2C(=O)OC(C)(C)C)C1. The van der Waals surface area contributed by atoms with Crippen LogP contribution in [0.15, 0.2) is 29.3 Å². The van der Waals surface area contributed by atoms with Gasteiger partial charge in [-0.05, 0) is 65.6 Å². The molecule has 1 atom stereocenters. The van der Waals surface area contributed by atoms with E-state index in [0.29, 0.717) is 29.0 Å². The predicted octanol–water partition coefficient (Wildman–Crippen LogP) is 3.40. The number of hydrogen-bond donors (Lipinski definition) is 0. The third-order valence-corrected chi connectivity index (χ3v) is 6.84. The molecule has 1 aliphatic heterocycles. The zero-order valence-electron chi connectivity index (χ0n) is 16.8. The molecule has 0 bridgehead atoms. The molecule has 0 spiro atoms. The second-order valence-electron chi connectivity index (χ2n) is 8.27. The van der Waals surface area contributed by atoms with Gasteiger partial charge >= 0.3 is 6.09 Å². The molecule has 2 aromatic rings. The number of carbonyl (C=O) groups excluding carboxylic acids is 1. The van der Waals surface area contributed by atoms with Crippen LogP contribution in [-0.2, 0) is 14.8 Å². The van der Waals surface area contributed by atoms with E-state index in [1.165, 1.54) is 10.4 Å². The van der Waals surface area contributed by atoms with E-state index in [1.807, 2.05) is 19.0 Å². The number of aromatic nitrogens is 1. The highest BCUT2D eigenvalue weighted by Gasteiger charge is 2.37. The Morgan fingerprint density at radius 1 is 1.25 bits per heavy atom. The Kier molecular flexibility index (Phi) is 5.53. The average Bonchev–Trinajstić information content (AvgIpc) is 3.18. The summed E-state index contributed by atoms with van der Waals surface area (Å²) in [6.07, 6.45) is 0.0109. The first-order valence-corrected chi connectivity index (χ1v) is 10.9. The van der Waals surface area contributed by atoms with Crippen molar-refractivity contribution in [3.05, 3.63) is 29.3 Å². The lowest BCUT2D eigenvalue weighted by molar-refractivity contribution is 0.0530. The smallest absolute Gasteiger partial charge is 0.420 e. The largest absolute Gasteiger partial charge is 0.443 e. The van der Waals surface area contributed by atoms with Crippen LogP contribution in [0.25, 0.3) is 10.9 Å². The monoisotopic (exact) mass is 427 g/mol. The summed E-state index contributed by atoms with van der Waals surface area (Å²) in [5.41, 5.74) is -0.314. The summed E-state index contributed by atoms with van der Waals surface area (Å²) in [4.78, 5) is 14.9. The fourth-order valence-corrected chi connectivity index (χ4v) is 5.17. The molecule has 1 aromatic heterocycles. The molecular weight excluding hydrogens is 402 g/mol. The number of benzene rings is 1. The standard InChI is InChI=1S/C19H26ClN3O4S/c1-19(2,3)27-18(24)23-16-7-6-14(20)10-13(16)11-17(23)28(25,26)22-9-8-15(12-22)21(4)5/h6-7,10-11,15H,8-9,12H2,1-5H3/t15-/m1/s1. The molecule has 28 heavy (non-hydrogen) atoms. The van der Waals surface area contributed by atoms with Crippen molar-refractivity contribution in [2.45, 2.75) is 43.9 Å². The number of carbonyl (C=O) groups is 1. The van der Waals surface area contributed by atoms with Gasteiger partial charge in [0.05, 0.1) is 5.52 Å². The van der Waals surface area contributed by atoms with E-state index in [9.17, 15) is 13.2 Å². The molecular formula is C19H26ClN3O4S. The van der Waals surface area contributed by atoms with Crippen molar-refractivity contribution < 1.29 is 17.9 Å². The molecule has 1 aliphatic rings. The number of ether oxygens (including phenoxy) is 1. The lowest BCUT2D eigenvalue weighted by Crippen LogP contribution is -2.36. The van der Waals surface area contributed by atoms with Crippen LogP contribution in [-0.4, -0.2) is 67.1 Å². The first kappa shape index (κ1) is 21.1. The maximum atomic E-state index is 13.4. The average molecular weight is 428 g/mol. The summed E-state index contributed by atoms with van der Waals surface area (Å²) in [5, 5.41) is 0.936. The number of hydrogen-bond acceptors (Lipinski definition) is 5. The van der Waals surface area contributed by atoms with E-state index >= 15 is 0 Å². The second-order valence-corrected chi connectivity index (χ2v) is 10.6. The van der Waals surface area contributed by atoms with Crippen LogP contribution >= 0.6 is 11.6 Å². The molecule has 0 amide bonds. The molecule has 1 fully saturated rings. The lowest BCUT2D eigenvalue weighted by Gasteiger charge is -2.23. The molecule has 2 heterocycles. The summed E-state index contributed by atoms with van der Waals surface area (Å²) >= 11 is 6.07. The minimum absolute atomic E-state index is 0.0987. The Labute approximate surface area is 170 Å². The Bertz CT molecular complexity index is 1010. The number of rotatable bonds is 3. The zero-order valence-corrected chi connectivity index (χ0v) is 18.3. The highest BCUT2D eigenvalue weighted by molar-refractivity contribution is 7.89. The van der Waals surface area contributed by atoms with Gasteiger partial charge in [0.1, 0.15) is 5.60 Å². The summed E-state index contributed by atoms with van der Waals surface area (Å²) in [6, 6.07) is 6.53. The molecule has 3 rings (SSSR count). The number of likely N-dealkylation sites (N-methyl/N-ethyl adjacent to an activating group) is 1. The van der Waals surface area contributed by atoms with Gasteiger partial charge in [-0.3, -0.25) is 0 Å². The summed E-state index contributed by atoms with van der Waals surface area (Å²) in [6.45, 7) is 6.01. The van der Waals surface area contributed by atoms with Crippen LogP contribution < -0.4 is 0 Å². The quantitative estimate of drug-likeness (QED) is 0.750. The molecule has 0 unspecified atom stereocenters. The lowest BCUT2D eigenvalue weighted by atomic mass is 10.2. The summed E-state index contributed by atoms with van der Waals surface area (Å²) < 4.78 is 34.8. The van der Waals surface area contributed by atoms with E-state index in [2.05, 4.69) is 0 Å². The van der Waals surface area contributed by atoms with E-state index in [0.717, 1.165) is 11.0 Å². The topological polar surface area (TPSA) is 71.9 Å². The molecule has 1 aromatic carbocycles. The Morgan fingerprint density at radius 3 is 2.50 bits per heavy atom. The van der Waals surface area contributed by atoms with Crippen LogP contribution in [0.4, 0.5) is 4.79 Å². The minimum Gasteiger partial charge on any atom is -0.443 e. The van der Waals surface area contributed by atoms with Gasteiger partial charge in [0.15, 0.2) is 5.03 Å². The number of nitrogens with zero attached hydrogens (tertiary/aromatic N) is 3.